The summed E-state index contributed by atoms with van der Waals surface area (Å²) in [5.41, 5.74) is 1.84. The molecule has 4 rings (SSSR count). The number of nitrogens with one attached hydrogen (secondary N) is 2. The minimum Gasteiger partial charge on any atom is -0.488 e. The van der Waals surface area contributed by atoms with Gasteiger partial charge in [0.25, 0.3) is 11.5 Å². The van der Waals surface area contributed by atoms with Crippen LogP contribution in [0.2, 0.25) is 0 Å². The molecule has 0 aliphatic heterocycles. The fourth-order valence-electron chi connectivity index (χ4n) is 2.87. The predicted octanol–water partition coefficient (Wildman–Crippen LogP) is 3.89. The molecule has 1 heterocycles. The quantitative estimate of drug-likeness (QED) is 0.542. The number of aromatic nitrogens is 2. The number of H-pyrrole nitrogens is 1. The molecule has 0 fully saturated rings. The van der Waals surface area contributed by atoms with Gasteiger partial charge < -0.3 is 15.0 Å². The molecule has 7 heteroatoms. The number of anilines is 1. The Morgan fingerprint density at radius 1 is 1.07 bits per heavy atom. The lowest BCUT2D eigenvalue weighted by molar-refractivity contribution is 0.102. The van der Waals surface area contributed by atoms with E-state index in [0.29, 0.717) is 27.9 Å². The number of halogens is 1. The molecule has 6 nitrogen and oxygen atoms in total. The number of carbonyl (C=O) groups is 1. The van der Waals surface area contributed by atoms with E-state index in [2.05, 4.69) is 15.3 Å². The third kappa shape index (κ3) is 4.14. The van der Waals surface area contributed by atoms with Crippen LogP contribution >= 0.6 is 0 Å². The van der Waals surface area contributed by atoms with Crippen LogP contribution in [0.1, 0.15) is 15.9 Å². The number of hydrogen-bond acceptors (Lipinski definition) is 4. The summed E-state index contributed by atoms with van der Waals surface area (Å²) in [6.07, 6.45) is 1.33. The first-order valence-electron chi connectivity index (χ1n) is 8.85. The van der Waals surface area contributed by atoms with Crippen LogP contribution in [0.4, 0.5) is 10.1 Å². The highest BCUT2D eigenvalue weighted by atomic mass is 19.1. The largest absolute Gasteiger partial charge is 0.488 e. The van der Waals surface area contributed by atoms with Gasteiger partial charge >= 0.3 is 0 Å². The smallest absolute Gasteiger partial charge is 0.259 e. The van der Waals surface area contributed by atoms with Gasteiger partial charge in [0.05, 0.1) is 22.8 Å². The average Bonchev–Trinajstić information content (AvgIpc) is 2.74. The van der Waals surface area contributed by atoms with Gasteiger partial charge in [-0.3, -0.25) is 9.59 Å². The number of hydrogen-bond donors (Lipinski definition) is 2. The summed E-state index contributed by atoms with van der Waals surface area (Å²) in [6, 6.07) is 17.7. The molecule has 0 unspecified atom stereocenters. The molecule has 0 aliphatic rings. The lowest BCUT2D eigenvalue weighted by atomic mass is 10.1. The number of amides is 1. The summed E-state index contributed by atoms with van der Waals surface area (Å²) in [7, 11) is 0. The topological polar surface area (TPSA) is 84.1 Å². The Hall–Kier alpha value is -4.00. The Morgan fingerprint density at radius 2 is 1.86 bits per heavy atom. The number of para-hydroxylation sites is 1. The Kier molecular flexibility index (Phi) is 5.03. The van der Waals surface area contributed by atoms with Crippen LogP contribution in [0, 0.1) is 5.82 Å². The van der Waals surface area contributed by atoms with E-state index in [1.807, 2.05) is 0 Å². The van der Waals surface area contributed by atoms with Crippen molar-refractivity contribution in [2.24, 2.45) is 0 Å². The summed E-state index contributed by atoms with van der Waals surface area (Å²) in [4.78, 5) is 31.3. The van der Waals surface area contributed by atoms with E-state index in [-0.39, 0.29) is 23.9 Å². The molecular formula is C22H16FN3O3. The van der Waals surface area contributed by atoms with Crippen molar-refractivity contribution < 1.29 is 13.9 Å². The monoisotopic (exact) mass is 389 g/mol. The summed E-state index contributed by atoms with van der Waals surface area (Å²) in [6.45, 7) is 0.196. The highest BCUT2D eigenvalue weighted by Gasteiger charge is 2.13. The lowest BCUT2D eigenvalue weighted by Crippen LogP contribution is -2.14. The molecule has 0 bridgehead atoms. The zero-order valence-corrected chi connectivity index (χ0v) is 15.2. The molecule has 0 saturated carbocycles. The molecule has 1 amide bonds. The van der Waals surface area contributed by atoms with Crippen molar-refractivity contribution in [2.45, 2.75) is 6.61 Å². The maximum absolute atomic E-state index is 13.0. The molecule has 2 N–H and O–H groups in total. The van der Waals surface area contributed by atoms with E-state index in [1.54, 1.807) is 54.6 Å². The van der Waals surface area contributed by atoms with E-state index in [9.17, 15) is 14.0 Å². The Balaban J connectivity index is 1.54. The fourth-order valence-corrected chi connectivity index (χ4v) is 2.87. The van der Waals surface area contributed by atoms with Crippen molar-refractivity contribution in [3.63, 3.8) is 0 Å². The van der Waals surface area contributed by atoms with Crippen molar-refractivity contribution in [1.29, 1.82) is 0 Å². The zero-order valence-electron chi connectivity index (χ0n) is 15.2. The zero-order chi connectivity index (χ0) is 20.2. The third-order valence-corrected chi connectivity index (χ3v) is 4.34. The van der Waals surface area contributed by atoms with Gasteiger partial charge in [0, 0.05) is 5.69 Å². The molecule has 29 heavy (non-hydrogen) atoms. The van der Waals surface area contributed by atoms with E-state index in [1.165, 1.54) is 18.5 Å². The molecule has 1 aromatic heterocycles. The van der Waals surface area contributed by atoms with Gasteiger partial charge in [0.2, 0.25) is 0 Å². The van der Waals surface area contributed by atoms with Crippen LogP contribution in [-0.4, -0.2) is 15.9 Å². The number of aromatic amines is 1. The second-order valence-corrected chi connectivity index (χ2v) is 6.33. The average molecular weight is 389 g/mol. The Bertz CT molecular complexity index is 1240. The first-order chi connectivity index (χ1) is 14.1. The van der Waals surface area contributed by atoms with Gasteiger partial charge in [-0.25, -0.2) is 9.37 Å². The van der Waals surface area contributed by atoms with Gasteiger partial charge in [-0.1, -0.05) is 24.3 Å². The first-order valence-corrected chi connectivity index (χ1v) is 8.85. The molecule has 144 valence electrons. The molecule has 0 radical (unpaired) electrons. The van der Waals surface area contributed by atoms with Crippen molar-refractivity contribution in [1.82, 2.24) is 9.97 Å². The molecule has 0 saturated heterocycles. The van der Waals surface area contributed by atoms with Crippen molar-refractivity contribution in [3.8, 4) is 5.75 Å². The maximum atomic E-state index is 13.0. The molecular weight excluding hydrogens is 373 g/mol. The van der Waals surface area contributed by atoms with Crippen molar-refractivity contribution >= 4 is 22.5 Å². The second-order valence-electron chi connectivity index (χ2n) is 6.33. The predicted molar refractivity (Wildman–Crippen MR) is 107 cm³/mol. The van der Waals surface area contributed by atoms with E-state index >= 15 is 0 Å². The molecule has 0 atom stereocenters. The molecule has 0 aliphatic carbocycles. The van der Waals surface area contributed by atoms with Gasteiger partial charge in [-0.05, 0) is 48.0 Å². The van der Waals surface area contributed by atoms with Crippen LogP contribution in [0.5, 0.6) is 5.75 Å². The van der Waals surface area contributed by atoms with E-state index in [4.69, 9.17) is 4.74 Å². The number of rotatable bonds is 5. The van der Waals surface area contributed by atoms with Gasteiger partial charge in [-0.2, -0.15) is 0 Å². The Morgan fingerprint density at radius 3 is 2.69 bits per heavy atom. The van der Waals surface area contributed by atoms with Crippen LogP contribution in [0.25, 0.3) is 10.9 Å². The van der Waals surface area contributed by atoms with Crippen LogP contribution in [0.15, 0.2) is 77.9 Å². The molecule has 4 aromatic rings. The molecule has 3 aromatic carbocycles. The number of ether oxygens (including phenoxy) is 1. The summed E-state index contributed by atoms with van der Waals surface area (Å²) in [5, 5.41) is 3.16. The van der Waals surface area contributed by atoms with Gasteiger partial charge in [0.1, 0.15) is 18.2 Å². The normalized spacial score (nSPS) is 10.7. The fraction of sp³-hybridized carbons (Fsp3) is 0.0455. The number of fused-ring (bicyclic) bond motifs is 1. The number of carbonyl (C=O) groups excluding carboxylic acids is 1. The minimum atomic E-state index is -0.376. The van der Waals surface area contributed by atoms with Crippen molar-refractivity contribution in [2.75, 3.05) is 5.32 Å². The van der Waals surface area contributed by atoms with Crippen LogP contribution < -0.4 is 15.6 Å². The summed E-state index contributed by atoms with van der Waals surface area (Å²) < 4.78 is 18.8. The maximum Gasteiger partial charge on any atom is 0.259 e. The summed E-state index contributed by atoms with van der Waals surface area (Å²) >= 11 is 0. The first kappa shape index (κ1) is 18.4. The number of nitrogens with zero attached hydrogens (tertiary/aromatic N) is 1. The van der Waals surface area contributed by atoms with E-state index in [0.717, 1.165) is 5.56 Å². The highest BCUT2D eigenvalue weighted by Crippen LogP contribution is 2.22. The van der Waals surface area contributed by atoms with Crippen LogP contribution in [0.3, 0.4) is 0 Å². The van der Waals surface area contributed by atoms with Crippen LogP contribution in [-0.2, 0) is 6.61 Å². The lowest BCUT2D eigenvalue weighted by Gasteiger charge is -2.12. The minimum absolute atomic E-state index is 0.196. The Labute approximate surface area is 165 Å². The summed E-state index contributed by atoms with van der Waals surface area (Å²) in [5.74, 6) is -0.299. The van der Waals surface area contributed by atoms with Gasteiger partial charge in [0.15, 0.2) is 0 Å². The third-order valence-electron chi connectivity index (χ3n) is 4.34. The highest BCUT2D eigenvalue weighted by molar-refractivity contribution is 6.06. The second kappa shape index (κ2) is 7.93. The van der Waals surface area contributed by atoms with Crippen molar-refractivity contribution in [3.05, 3.63) is 100 Å². The molecule has 0 spiro atoms. The SMILES string of the molecule is O=C(Nc1ccc2nc[nH]c(=O)c2c1)c1ccccc1OCc1ccc(F)cc1. The standard InChI is InChI=1S/C22H16FN3O3/c23-15-7-5-14(6-8-15)12-29-20-4-2-1-3-17(20)22(28)26-16-9-10-19-18(11-16)21(27)25-13-24-19/h1-11,13H,12H2,(H,26,28)(H,24,25,27). The van der Waals surface area contributed by atoms with Gasteiger partial charge in [-0.15, -0.1) is 0 Å². The van der Waals surface area contributed by atoms with E-state index < -0.39 is 0 Å². The number of benzene rings is 3.